The number of hydrogen-bond donors (Lipinski definition) is 1. The Bertz CT molecular complexity index is 495. The lowest BCUT2D eigenvalue weighted by Crippen LogP contribution is -2.28. The van der Waals surface area contributed by atoms with Gasteiger partial charge < -0.3 is 14.4 Å². The van der Waals surface area contributed by atoms with Crippen molar-refractivity contribution in [1.82, 2.24) is 4.90 Å². The second-order valence-corrected chi connectivity index (χ2v) is 5.32. The topological polar surface area (TPSA) is 87.8 Å². The number of likely N-dealkylation sites (tertiary alicyclic amines) is 1. The molecule has 0 spiro atoms. The Kier molecular flexibility index (Phi) is 3.01. The minimum absolute atomic E-state index is 0.0380. The third-order valence-corrected chi connectivity index (χ3v) is 4.20. The highest BCUT2D eigenvalue weighted by Crippen LogP contribution is 2.22. The molecule has 17 heavy (non-hydrogen) atoms. The van der Waals surface area contributed by atoms with Crippen LogP contribution in [0.3, 0.4) is 0 Å². The molecule has 7 heteroatoms. The van der Waals surface area contributed by atoms with Gasteiger partial charge >= 0.3 is 5.97 Å². The number of carbonyl (C=O) groups excluding carboxylic acids is 1. The van der Waals surface area contributed by atoms with Gasteiger partial charge in [0.1, 0.15) is 16.0 Å². The molecule has 1 amide bonds. The van der Waals surface area contributed by atoms with Gasteiger partial charge in [-0.2, -0.15) is 0 Å². The normalized spacial score (nSPS) is 21.8. The minimum atomic E-state index is -1.63. The van der Waals surface area contributed by atoms with Crippen LogP contribution in [-0.2, 0) is 15.6 Å². The minimum Gasteiger partial charge on any atom is -0.475 e. The van der Waals surface area contributed by atoms with E-state index < -0.39 is 22.0 Å². The average Bonchev–Trinajstić information content (AvgIpc) is 2.87. The molecule has 1 saturated heterocycles. The number of furan rings is 1. The maximum Gasteiger partial charge on any atom is 0.371 e. The SMILES string of the molecule is CN1CCC(S(=O)c2ccc(C(=O)O)o2)C1=O. The summed E-state index contributed by atoms with van der Waals surface area (Å²) in [7, 11) is 0.0168. The molecule has 1 aliphatic rings. The van der Waals surface area contributed by atoms with E-state index in [1.165, 1.54) is 17.0 Å². The quantitative estimate of drug-likeness (QED) is 0.842. The van der Waals surface area contributed by atoms with E-state index >= 15 is 0 Å². The van der Waals surface area contributed by atoms with E-state index in [1.54, 1.807) is 7.05 Å². The molecule has 2 rings (SSSR count). The molecule has 2 atom stereocenters. The van der Waals surface area contributed by atoms with Gasteiger partial charge in [0, 0.05) is 13.6 Å². The summed E-state index contributed by atoms with van der Waals surface area (Å²) in [6.45, 7) is 0.557. The lowest BCUT2D eigenvalue weighted by atomic mass is 10.4. The first-order chi connectivity index (χ1) is 8.00. The van der Waals surface area contributed by atoms with E-state index in [2.05, 4.69) is 0 Å². The second kappa shape index (κ2) is 4.33. The van der Waals surface area contributed by atoms with Crippen molar-refractivity contribution in [3.05, 3.63) is 17.9 Å². The van der Waals surface area contributed by atoms with Crippen molar-refractivity contribution in [2.75, 3.05) is 13.6 Å². The smallest absolute Gasteiger partial charge is 0.371 e. The van der Waals surface area contributed by atoms with Gasteiger partial charge in [0.2, 0.25) is 11.7 Å². The molecule has 2 heterocycles. The summed E-state index contributed by atoms with van der Waals surface area (Å²) in [4.78, 5) is 23.7. The van der Waals surface area contributed by atoms with Gasteiger partial charge in [0.05, 0.1) is 0 Å². The first-order valence-electron chi connectivity index (χ1n) is 4.99. The highest BCUT2D eigenvalue weighted by molar-refractivity contribution is 7.86. The van der Waals surface area contributed by atoms with Crippen LogP contribution in [0.4, 0.5) is 0 Å². The number of nitrogens with zero attached hydrogens (tertiary/aromatic N) is 1. The molecule has 2 unspecified atom stereocenters. The van der Waals surface area contributed by atoms with E-state index in [0.29, 0.717) is 13.0 Å². The van der Waals surface area contributed by atoms with Gasteiger partial charge in [-0.25, -0.2) is 4.79 Å². The van der Waals surface area contributed by atoms with Gasteiger partial charge in [-0.15, -0.1) is 0 Å². The third-order valence-electron chi connectivity index (χ3n) is 2.63. The highest BCUT2D eigenvalue weighted by Gasteiger charge is 2.36. The fourth-order valence-corrected chi connectivity index (χ4v) is 3.01. The largest absolute Gasteiger partial charge is 0.475 e. The van der Waals surface area contributed by atoms with Crippen molar-refractivity contribution in [3.63, 3.8) is 0 Å². The monoisotopic (exact) mass is 257 g/mol. The maximum atomic E-state index is 12.0. The second-order valence-electron chi connectivity index (χ2n) is 3.76. The number of carboxylic acid groups (broad SMARTS) is 1. The van der Waals surface area contributed by atoms with Crippen LogP contribution < -0.4 is 0 Å². The van der Waals surface area contributed by atoms with Crippen LogP contribution in [0.15, 0.2) is 21.6 Å². The van der Waals surface area contributed by atoms with Crippen molar-refractivity contribution in [1.29, 1.82) is 0 Å². The molecule has 92 valence electrons. The molecule has 0 aromatic carbocycles. The van der Waals surface area contributed by atoms with Crippen molar-refractivity contribution >= 4 is 22.7 Å². The molecular formula is C10H11NO5S. The van der Waals surface area contributed by atoms with Crippen LogP contribution in [0, 0.1) is 0 Å². The molecule has 1 aromatic heterocycles. The molecule has 1 fully saturated rings. The number of hydrogen-bond acceptors (Lipinski definition) is 4. The van der Waals surface area contributed by atoms with Crippen LogP contribution in [0.25, 0.3) is 0 Å². The first-order valence-corrected chi connectivity index (χ1v) is 6.20. The van der Waals surface area contributed by atoms with Crippen molar-refractivity contribution in [2.45, 2.75) is 16.8 Å². The first kappa shape index (κ1) is 11.8. The molecule has 0 bridgehead atoms. The number of aromatic carboxylic acids is 1. The van der Waals surface area contributed by atoms with Crippen LogP contribution in [0.2, 0.25) is 0 Å². The Morgan fingerprint density at radius 1 is 1.59 bits per heavy atom. The average molecular weight is 257 g/mol. The molecule has 1 N–H and O–H groups in total. The van der Waals surface area contributed by atoms with Crippen molar-refractivity contribution in [2.24, 2.45) is 0 Å². The van der Waals surface area contributed by atoms with Crippen LogP contribution in [-0.4, -0.2) is 44.9 Å². The fourth-order valence-electron chi connectivity index (χ4n) is 1.67. The Morgan fingerprint density at radius 3 is 2.76 bits per heavy atom. The van der Waals surface area contributed by atoms with Crippen LogP contribution in [0.5, 0.6) is 0 Å². The summed E-state index contributed by atoms with van der Waals surface area (Å²) in [5.41, 5.74) is 0. The van der Waals surface area contributed by atoms with Crippen LogP contribution >= 0.6 is 0 Å². The van der Waals surface area contributed by atoms with E-state index in [9.17, 15) is 13.8 Å². The zero-order valence-corrected chi connectivity index (χ0v) is 9.90. The van der Waals surface area contributed by atoms with E-state index in [1.807, 2.05) is 0 Å². The molecule has 0 saturated carbocycles. The summed E-state index contributed by atoms with van der Waals surface area (Å²) in [5, 5.41) is 8.08. The van der Waals surface area contributed by atoms with E-state index in [-0.39, 0.29) is 16.8 Å². The molecule has 1 aromatic rings. The summed E-state index contributed by atoms with van der Waals surface area (Å²) in [6.07, 6.45) is 0.491. The zero-order valence-electron chi connectivity index (χ0n) is 9.08. The highest BCUT2D eigenvalue weighted by atomic mass is 32.2. The van der Waals surface area contributed by atoms with Crippen molar-refractivity contribution in [3.8, 4) is 0 Å². The summed E-state index contributed by atoms with van der Waals surface area (Å²) in [5.74, 6) is -1.69. The van der Waals surface area contributed by atoms with E-state index in [4.69, 9.17) is 9.52 Å². The van der Waals surface area contributed by atoms with Crippen LogP contribution in [0.1, 0.15) is 17.0 Å². The Labute approximate surface area is 99.7 Å². The predicted molar refractivity (Wildman–Crippen MR) is 58.1 cm³/mol. The molecule has 0 radical (unpaired) electrons. The van der Waals surface area contributed by atoms with Gasteiger partial charge in [0.25, 0.3) is 0 Å². The van der Waals surface area contributed by atoms with Gasteiger partial charge in [-0.1, -0.05) is 0 Å². The maximum absolute atomic E-state index is 12.0. The molecule has 6 nitrogen and oxygen atoms in total. The molecule has 0 aliphatic carbocycles. The van der Waals surface area contributed by atoms with E-state index in [0.717, 1.165) is 0 Å². The lowest BCUT2D eigenvalue weighted by Gasteiger charge is -2.08. The lowest BCUT2D eigenvalue weighted by molar-refractivity contribution is -0.126. The third kappa shape index (κ3) is 2.10. The predicted octanol–water partition coefficient (Wildman–Crippen LogP) is 0.316. The Balaban J connectivity index is 2.20. The van der Waals surface area contributed by atoms with Gasteiger partial charge in [0.15, 0.2) is 5.09 Å². The number of carbonyl (C=O) groups is 2. The zero-order chi connectivity index (χ0) is 12.6. The summed E-state index contributed by atoms with van der Waals surface area (Å²) >= 11 is 0. The molecule has 1 aliphatic heterocycles. The van der Waals surface area contributed by atoms with Gasteiger partial charge in [-0.3, -0.25) is 9.00 Å². The summed E-state index contributed by atoms with van der Waals surface area (Å²) < 4.78 is 16.9. The standard InChI is InChI=1S/C10H11NO5S/c1-11-5-4-7(9(11)12)17(15)8-3-2-6(16-8)10(13)14/h2-3,7H,4-5H2,1H3,(H,13,14). The fraction of sp³-hybridized carbons (Fsp3) is 0.400. The van der Waals surface area contributed by atoms with Crippen molar-refractivity contribution < 1.29 is 23.3 Å². The Hall–Kier alpha value is -1.63. The van der Waals surface area contributed by atoms with Gasteiger partial charge in [-0.05, 0) is 18.6 Å². The Morgan fingerprint density at radius 2 is 2.29 bits per heavy atom. The number of carboxylic acids is 1. The molecular weight excluding hydrogens is 246 g/mol. The number of amides is 1. The number of rotatable bonds is 3. The summed E-state index contributed by atoms with van der Waals surface area (Å²) in [6, 6.07) is 2.57.